The standard InChI is InChI=1S/C19H23N5O/c1-4-9-25-17-6-5-16-11-23(8-7-15(16)10-17)18-13(2)14(3)22-19-20-12-21-24(18)19/h5-6,10,12H,4,7-9,11H2,1-3H3. The Bertz CT molecular complexity index is 918. The van der Waals surface area contributed by atoms with E-state index in [1.807, 2.05) is 11.4 Å². The lowest BCUT2D eigenvalue weighted by Gasteiger charge is -2.32. The van der Waals surface area contributed by atoms with Crippen LogP contribution in [0, 0.1) is 13.8 Å². The van der Waals surface area contributed by atoms with Crippen LogP contribution in [-0.4, -0.2) is 32.7 Å². The van der Waals surface area contributed by atoms with E-state index in [1.54, 1.807) is 6.33 Å². The summed E-state index contributed by atoms with van der Waals surface area (Å²) in [6, 6.07) is 6.46. The van der Waals surface area contributed by atoms with Crippen molar-refractivity contribution in [3.05, 3.63) is 46.9 Å². The number of hydrogen-bond donors (Lipinski definition) is 0. The van der Waals surface area contributed by atoms with E-state index in [0.717, 1.165) is 55.4 Å². The van der Waals surface area contributed by atoms with Crippen LogP contribution in [0.5, 0.6) is 5.75 Å². The Labute approximate surface area is 147 Å². The van der Waals surface area contributed by atoms with Crippen molar-refractivity contribution < 1.29 is 4.74 Å². The Kier molecular flexibility index (Phi) is 4.03. The minimum absolute atomic E-state index is 0.659. The van der Waals surface area contributed by atoms with Crippen molar-refractivity contribution >= 4 is 11.6 Å². The van der Waals surface area contributed by atoms with Gasteiger partial charge in [0.15, 0.2) is 0 Å². The van der Waals surface area contributed by atoms with Crippen LogP contribution in [0.4, 0.5) is 5.82 Å². The van der Waals surface area contributed by atoms with E-state index < -0.39 is 0 Å². The number of benzene rings is 1. The molecular weight excluding hydrogens is 314 g/mol. The van der Waals surface area contributed by atoms with E-state index in [9.17, 15) is 0 Å². The first-order valence-corrected chi connectivity index (χ1v) is 8.84. The largest absolute Gasteiger partial charge is 0.494 e. The van der Waals surface area contributed by atoms with Gasteiger partial charge in [-0.2, -0.15) is 14.6 Å². The summed E-state index contributed by atoms with van der Waals surface area (Å²) in [6.45, 7) is 8.84. The first kappa shape index (κ1) is 15.9. The van der Waals surface area contributed by atoms with E-state index in [1.165, 1.54) is 11.1 Å². The van der Waals surface area contributed by atoms with Gasteiger partial charge in [-0.25, -0.2) is 4.98 Å². The molecule has 1 aliphatic heterocycles. The highest BCUT2D eigenvalue weighted by molar-refractivity contribution is 5.56. The van der Waals surface area contributed by atoms with E-state index >= 15 is 0 Å². The summed E-state index contributed by atoms with van der Waals surface area (Å²) in [6.07, 6.45) is 3.59. The summed E-state index contributed by atoms with van der Waals surface area (Å²) < 4.78 is 7.62. The van der Waals surface area contributed by atoms with Crippen molar-refractivity contribution in [3.63, 3.8) is 0 Å². The van der Waals surface area contributed by atoms with Gasteiger partial charge in [0, 0.05) is 24.3 Å². The summed E-state index contributed by atoms with van der Waals surface area (Å²) in [5, 5.41) is 4.38. The second-order valence-electron chi connectivity index (χ2n) is 6.57. The van der Waals surface area contributed by atoms with Crippen LogP contribution in [0.25, 0.3) is 5.78 Å². The van der Waals surface area contributed by atoms with E-state index in [0.29, 0.717) is 5.78 Å². The van der Waals surface area contributed by atoms with Gasteiger partial charge in [-0.3, -0.25) is 0 Å². The molecule has 0 aliphatic carbocycles. The number of ether oxygens (including phenoxy) is 1. The molecule has 3 heterocycles. The summed E-state index contributed by atoms with van der Waals surface area (Å²) in [5.41, 5.74) is 4.88. The number of aromatic nitrogens is 4. The van der Waals surface area contributed by atoms with Crippen LogP contribution in [-0.2, 0) is 13.0 Å². The molecule has 0 bridgehead atoms. The third kappa shape index (κ3) is 2.81. The third-order valence-corrected chi connectivity index (χ3v) is 4.84. The van der Waals surface area contributed by atoms with Gasteiger partial charge in [0.2, 0.25) is 0 Å². The summed E-state index contributed by atoms with van der Waals surface area (Å²) in [5.74, 6) is 2.73. The monoisotopic (exact) mass is 337 g/mol. The lowest BCUT2D eigenvalue weighted by Crippen LogP contribution is -2.33. The average Bonchev–Trinajstić information content (AvgIpc) is 3.08. The van der Waals surface area contributed by atoms with Gasteiger partial charge in [0.1, 0.15) is 17.9 Å². The van der Waals surface area contributed by atoms with Crippen molar-refractivity contribution in [2.45, 2.75) is 40.2 Å². The van der Waals surface area contributed by atoms with Gasteiger partial charge in [-0.1, -0.05) is 13.0 Å². The minimum Gasteiger partial charge on any atom is -0.494 e. The Morgan fingerprint density at radius 2 is 2.08 bits per heavy atom. The van der Waals surface area contributed by atoms with E-state index in [4.69, 9.17) is 4.74 Å². The van der Waals surface area contributed by atoms with Crippen molar-refractivity contribution in [2.75, 3.05) is 18.1 Å². The van der Waals surface area contributed by atoms with Gasteiger partial charge in [-0.15, -0.1) is 0 Å². The molecule has 3 aromatic rings. The average molecular weight is 337 g/mol. The van der Waals surface area contributed by atoms with Crippen LogP contribution in [0.15, 0.2) is 24.5 Å². The highest BCUT2D eigenvalue weighted by atomic mass is 16.5. The topological polar surface area (TPSA) is 55.5 Å². The fraction of sp³-hybridized carbons (Fsp3) is 0.421. The third-order valence-electron chi connectivity index (χ3n) is 4.84. The molecule has 0 radical (unpaired) electrons. The molecule has 0 atom stereocenters. The predicted molar refractivity (Wildman–Crippen MR) is 97.2 cm³/mol. The molecule has 0 spiro atoms. The molecule has 0 N–H and O–H groups in total. The highest BCUT2D eigenvalue weighted by Gasteiger charge is 2.22. The molecule has 2 aromatic heterocycles. The Balaban J connectivity index is 1.67. The second-order valence-corrected chi connectivity index (χ2v) is 6.57. The van der Waals surface area contributed by atoms with Crippen molar-refractivity contribution in [1.29, 1.82) is 0 Å². The molecule has 4 rings (SSSR count). The van der Waals surface area contributed by atoms with Gasteiger partial charge in [0.25, 0.3) is 5.78 Å². The van der Waals surface area contributed by atoms with Gasteiger partial charge in [-0.05, 0) is 49.9 Å². The van der Waals surface area contributed by atoms with Crippen LogP contribution in [0.1, 0.15) is 35.7 Å². The van der Waals surface area contributed by atoms with Crippen molar-refractivity contribution in [3.8, 4) is 5.75 Å². The zero-order chi connectivity index (χ0) is 17.4. The number of aryl methyl sites for hydroxylation is 1. The number of anilines is 1. The molecule has 1 aliphatic rings. The SMILES string of the molecule is CCCOc1ccc2c(c1)CCN(c1c(C)c(C)nc3ncnn13)C2. The summed E-state index contributed by atoms with van der Waals surface area (Å²) in [4.78, 5) is 11.2. The van der Waals surface area contributed by atoms with Crippen LogP contribution >= 0.6 is 0 Å². The molecule has 25 heavy (non-hydrogen) atoms. The van der Waals surface area contributed by atoms with Crippen LogP contribution in [0.2, 0.25) is 0 Å². The maximum Gasteiger partial charge on any atom is 0.254 e. The first-order valence-electron chi connectivity index (χ1n) is 8.84. The van der Waals surface area contributed by atoms with E-state index in [2.05, 4.69) is 52.0 Å². The smallest absolute Gasteiger partial charge is 0.254 e. The van der Waals surface area contributed by atoms with Crippen molar-refractivity contribution in [2.24, 2.45) is 0 Å². The zero-order valence-electron chi connectivity index (χ0n) is 15.0. The van der Waals surface area contributed by atoms with Gasteiger partial charge < -0.3 is 9.64 Å². The number of rotatable bonds is 4. The fourth-order valence-electron chi connectivity index (χ4n) is 3.41. The van der Waals surface area contributed by atoms with E-state index in [-0.39, 0.29) is 0 Å². The maximum atomic E-state index is 5.77. The maximum absolute atomic E-state index is 5.77. The number of hydrogen-bond acceptors (Lipinski definition) is 5. The molecule has 0 saturated carbocycles. The van der Waals surface area contributed by atoms with Gasteiger partial charge in [0.05, 0.1) is 6.61 Å². The Hall–Kier alpha value is -2.63. The summed E-state index contributed by atoms with van der Waals surface area (Å²) >= 11 is 0. The van der Waals surface area contributed by atoms with Crippen LogP contribution in [0.3, 0.4) is 0 Å². The highest BCUT2D eigenvalue weighted by Crippen LogP contribution is 2.30. The lowest BCUT2D eigenvalue weighted by molar-refractivity contribution is 0.317. The number of nitrogens with zero attached hydrogens (tertiary/aromatic N) is 5. The number of fused-ring (bicyclic) bond motifs is 2. The second kappa shape index (κ2) is 6.35. The first-order chi connectivity index (χ1) is 12.2. The molecule has 0 fully saturated rings. The Morgan fingerprint density at radius 3 is 2.92 bits per heavy atom. The minimum atomic E-state index is 0.659. The molecule has 1 aromatic carbocycles. The lowest BCUT2D eigenvalue weighted by atomic mass is 9.99. The predicted octanol–water partition coefficient (Wildman–Crippen LogP) is 3.09. The van der Waals surface area contributed by atoms with Crippen molar-refractivity contribution in [1.82, 2.24) is 19.6 Å². The fourth-order valence-corrected chi connectivity index (χ4v) is 3.41. The quantitative estimate of drug-likeness (QED) is 0.732. The Morgan fingerprint density at radius 1 is 1.20 bits per heavy atom. The molecule has 0 amide bonds. The molecule has 6 heteroatoms. The normalized spacial score (nSPS) is 14.0. The van der Waals surface area contributed by atoms with Crippen LogP contribution < -0.4 is 9.64 Å². The molecule has 6 nitrogen and oxygen atoms in total. The molecule has 0 unspecified atom stereocenters. The summed E-state index contributed by atoms with van der Waals surface area (Å²) in [7, 11) is 0. The zero-order valence-corrected chi connectivity index (χ0v) is 15.0. The molecular formula is C19H23N5O. The van der Waals surface area contributed by atoms with Gasteiger partial charge >= 0.3 is 0 Å². The molecule has 0 saturated heterocycles. The molecule has 130 valence electrons.